The van der Waals surface area contributed by atoms with Crippen molar-refractivity contribution in [2.24, 2.45) is 0 Å². The van der Waals surface area contributed by atoms with Crippen LogP contribution in [0.5, 0.6) is 0 Å². The average molecular weight is 382 g/mol. The number of carbonyl (C=O) groups is 3. The van der Waals surface area contributed by atoms with E-state index < -0.39 is 11.7 Å². The quantitative estimate of drug-likeness (QED) is 0.613. The number of aromatic nitrogens is 2. The van der Waals surface area contributed by atoms with Crippen molar-refractivity contribution in [2.75, 3.05) is 19.6 Å². The molecule has 1 N–H and O–H groups in total. The average Bonchev–Trinajstić information content (AvgIpc) is 3.02. The number of nitrogens with zero attached hydrogens (tertiary/aromatic N) is 3. The fraction of sp³-hybridized carbons (Fsp3) is 0.429. The summed E-state index contributed by atoms with van der Waals surface area (Å²) in [6.07, 6.45) is 3.42. The highest BCUT2D eigenvalue weighted by atomic mass is 16.2. The van der Waals surface area contributed by atoms with Crippen molar-refractivity contribution in [3.05, 3.63) is 47.3 Å². The summed E-state index contributed by atoms with van der Waals surface area (Å²) in [7, 11) is 0. The number of hydrogen-bond donors (Lipinski definition) is 1. The number of likely N-dealkylation sites (tertiary alicyclic amines) is 1. The number of ketones is 1. The van der Waals surface area contributed by atoms with Gasteiger partial charge < -0.3 is 10.2 Å². The van der Waals surface area contributed by atoms with Gasteiger partial charge in [0.1, 0.15) is 0 Å². The van der Waals surface area contributed by atoms with Crippen LogP contribution >= 0.6 is 0 Å². The van der Waals surface area contributed by atoms with Gasteiger partial charge in [-0.2, -0.15) is 5.10 Å². The summed E-state index contributed by atoms with van der Waals surface area (Å²) < 4.78 is 1.66. The second-order valence-electron chi connectivity index (χ2n) is 7.07. The summed E-state index contributed by atoms with van der Waals surface area (Å²) in [6, 6.07) is 9.46. The molecule has 7 nitrogen and oxygen atoms in total. The lowest BCUT2D eigenvalue weighted by Gasteiger charge is -2.26. The Bertz CT molecular complexity index is 867. The van der Waals surface area contributed by atoms with Crippen molar-refractivity contribution in [3.8, 4) is 5.69 Å². The molecule has 1 aliphatic heterocycles. The van der Waals surface area contributed by atoms with Gasteiger partial charge in [-0.05, 0) is 45.2 Å². The Labute approximate surface area is 164 Å². The maximum absolute atomic E-state index is 12.6. The number of rotatable bonds is 6. The summed E-state index contributed by atoms with van der Waals surface area (Å²) in [5.41, 5.74) is 2.26. The second-order valence-corrected chi connectivity index (χ2v) is 7.07. The number of nitrogens with one attached hydrogen (secondary N) is 1. The lowest BCUT2D eigenvalue weighted by molar-refractivity contribution is -0.132. The molecule has 7 heteroatoms. The zero-order valence-corrected chi connectivity index (χ0v) is 16.4. The number of amides is 2. The predicted molar refractivity (Wildman–Crippen MR) is 105 cm³/mol. The van der Waals surface area contributed by atoms with Gasteiger partial charge in [0.2, 0.25) is 5.91 Å². The fourth-order valence-corrected chi connectivity index (χ4v) is 3.57. The van der Waals surface area contributed by atoms with Gasteiger partial charge in [-0.25, -0.2) is 4.68 Å². The molecule has 0 aliphatic carbocycles. The first-order chi connectivity index (χ1) is 13.5. The van der Waals surface area contributed by atoms with Crippen molar-refractivity contribution in [1.29, 1.82) is 0 Å². The Balaban J connectivity index is 1.61. The van der Waals surface area contributed by atoms with Crippen LogP contribution in [0.4, 0.5) is 0 Å². The molecule has 0 spiro atoms. The monoisotopic (exact) mass is 382 g/mol. The Morgan fingerprint density at radius 1 is 1.04 bits per heavy atom. The van der Waals surface area contributed by atoms with Crippen LogP contribution in [0.2, 0.25) is 0 Å². The van der Waals surface area contributed by atoms with Crippen molar-refractivity contribution < 1.29 is 14.4 Å². The lowest BCUT2D eigenvalue weighted by atomic mass is 10.1. The number of Topliss-reactive ketones (excluding diaryl/α,β-unsaturated/α-hetero) is 1. The van der Waals surface area contributed by atoms with Crippen LogP contribution in [0.1, 0.15) is 47.4 Å². The smallest absolute Gasteiger partial charge is 0.292 e. The van der Waals surface area contributed by atoms with E-state index in [1.165, 1.54) is 0 Å². The Kier molecular flexibility index (Phi) is 6.23. The van der Waals surface area contributed by atoms with E-state index in [9.17, 15) is 14.4 Å². The van der Waals surface area contributed by atoms with Crippen molar-refractivity contribution in [3.63, 3.8) is 0 Å². The van der Waals surface area contributed by atoms with Crippen LogP contribution in [0.3, 0.4) is 0 Å². The van der Waals surface area contributed by atoms with E-state index in [0.29, 0.717) is 17.0 Å². The van der Waals surface area contributed by atoms with Gasteiger partial charge in [-0.15, -0.1) is 0 Å². The molecule has 0 radical (unpaired) electrons. The normalized spacial score (nSPS) is 14.0. The van der Waals surface area contributed by atoms with E-state index in [-0.39, 0.29) is 18.9 Å². The van der Waals surface area contributed by atoms with Gasteiger partial charge >= 0.3 is 0 Å². The van der Waals surface area contributed by atoms with E-state index in [4.69, 9.17) is 0 Å². The number of carbonyl (C=O) groups excluding carboxylic acids is 3. The molecule has 1 saturated heterocycles. The highest BCUT2D eigenvalue weighted by Gasteiger charge is 2.25. The maximum Gasteiger partial charge on any atom is 0.292 e. The Morgan fingerprint density at radius 2 is 1.71 bits per heavy atom. The van der Waals surface area contributed by atoms with Gasteiger partial charge in [0, 0.05) is 26.1 Å². The minimum atomic E-state index is -0.703. The molecule has 2 amide bonds. The molecule has 2 heterocycles. The molecule has 28 heavy (non-hydrogen) atoms. The van der Waals surface area contributed by atoms with Gasteiger partial charge in [0.05, 0.1) is 22.6 Å². The molecular formula is C21H26N4O3. The molecule has 2 aromatic rings. The van der Waals surface area contributed by atoms with Crippen LogP contribution in [0.15, 0.2) is 30.3 Å². The SMILES string of the molecule is Cc1nn(-c2ccccc2)c(C)c1C(=O)C(=O)NCCC(=O)N1CCCCC1. The third-order valence-electron chi connectivity index (χ3n) is 5.06. The molecule has 0 bridgehead atoms. The molecule has 3 rings (SSSR count). The van der Waals surface area contributed by atoms with Crippen molar-refractivity contribution in [2.45, 2.75) is 39.5 Å². The van der Waals surface area contributed by atoms with Crippen LogP contribution in [0.25, 0.3) is 5.69 Å². The standard InChI is InChI=1S/C21H26N4O3/c1-15-19(16(2)25(23-15)17-9-5-3-6-10-17)20(27)21(28)22-12-11-18(26)24-13-7-4-8-14-24/h3,5-6,9-10H,4,7-8,11-14H2,1-2H3,(H,22,28). The first-order valence-electron chi connectivity index (χ1n) is 9.71. The van der Waals surface area contributed by atoms with E-state index in [1.54, 1.807) is 18.5 Å². The fourth-order valence-electron chi connectivity index (χ4n) is 3.57. The third kappa shape index (κ3) is 4.30. The van der Waals surface area contributed by atoms with Crippen molar-refractivity contribution >= 4 is 17.6 Å². The second kappa shape index (κ2) is 8.82. The molecule has 0 saturated carbocycles. The van der Waals surface area contributed by atoms with Crippen LogP contribution in [-0.2, 0) is 9.59 Å². The highest BCUT2D eigenvalue weighted by molar-refractivity contribution is 6.43. The van der Waals surface area contributed by atoms with Gasteiger partial charge in [-0.1, -0.05) is 18.2 Å². The number of para-hydroxylation sites is 1. The zero-order valence-electron chi connectivity index (χ0n) is 16.4. The largest absolute Gasteiger partial charge is 0.349 e. The third-order valence-corrected chi connectivity index (χ3v) is 5.06. The van der Waals surface area contributed by atoms with E-state index in [0.717, 1.165) is 38.0 Å². The minimum absolute atomic E-state index is 0.0247. The highest BCUT2D eigenvalue weighted by Crippen LogP contribution is 2.18. The van der Waals surface area contributed by atoms with Crippen molar-refractivity contribution in [1.82, 2.24) is 20.0 Å². The lowest BCUT2D eigenvalue weighted by Crippen LogP contribution is -2.39. The minimum Gasteiger partial charge on any atom is -0.349 e. The van der Waals surface area contributed by atoms with E-state index >= 15 is 0 Å². The topological polar surface area (TPSA) is 84.3 Å². The van der Waals surface area contributed by atoms with Gasteiger partial charge in [-0.3, -0.25) is 14.4 Å². The summed E-state index contributed by atoms with van der Waals surface area (Å²) in [6.45, 7) is 5.20. The molecule has 1 aromatic heterocycles. The molecule has 1 aliphatic rings. The molecule has 1 fully saturated rings. The van der Waals surface area contributed by atoms with E-state index in [1.807, 2.05) is 35.2 Å². The summed E-state index contributed by atoms with van der Waals surface area (Å²) in [4.78, 5) is 39.0. The summed E-state index contributed by atoms with van der Waals surface area (Å²) in [5, 5.41) is 6.99. The molecule has 148 valence electrons. The molecule has 0 unspecified atom stereocenters. The van der Waals surface area contributed by atoms with Crippen LogP contribution in [0, 0.1) is 13.8 Å². The van der Waals surface area contributed by atoms with Crippen LogP contribution in [-0.4, -0.2) is 51.9 Å². The zero-order chi connectivity index (χ0) is 20.1. The number of benzene rings is 1. The van der Waals surface area contributed by atoms with Gasteiger partial charge in [0.25, 0.3) is 11.7 Å². The maximum atomic E-state index is 12.6. The summed E-state index contributed by atoms with van der Waals surface area (Å²) in [5.74, 6) is -1.30. The van der Waals surface area contributed by atoms with E-state index in [2.05, 4.69) is 10.4 Å². The Hall–Kier alpha value is -2.96. The number of aryl methyl sites for hydroxylation is 1. The molecular weight excluding hydrogens is 356 g/mol. The predicted octanol–water partition coefficient (Wildman–Crippen LogP) is 2.19. The first kappa shape index (κ1) is 19.8. The summed E-state index contributed by atoms with van der Waals surface area (Å²) >= 11 is 0. The number of piperidine rings is 1. The van der Waals surface area contributed by atoms with Crippen LogP contribution < -0.4 is 5.32 Å². The molecule has 0 atom stereocenters. The Morgan fingerprint density at radius 3 is 2.39 bits per heavy atom. The number of hydrogen-bond acceptors (Lipinski definition) is 4. The first-order valence-corrected chi connectivity index (χ1v) is 9.71. The van der Waals surface area contributed by atoms with Gasteiger partial charge in [0.15, 0.2) is 0 Å². The molecule has 1 aromatic carbocycles.